The van der Waals surface area contributed by atoms with Crippen molar-refractivity contribution in [2.75, 3.05) is 12.6 Å². The van der Waals surface area contributed by atoms with Crippen molar-refractivity contribution in [3.63, 3.8) is 0 Å². The minimum Gasteiger partial charge on any atom is -0.446 e. The number of ether oxygens (including phenoxy) is 2. The van der Waals surface area contributed by atoms with Crippen LogP contribution in [0.5, 0.6) is 0 Å². The van der Waals surface area contributed by atoms with Crippen LogP contribution in [0.15, 0.2) is 82.6 Å². The van der Waals surface area contributed by atoms with Crippen molar-refractivity contribution < 1.29 is 27.5 Å². The number of nitrogens with zero attached hydrogens (tertiary/aromatic N) is 1. The predicted molar refractivity (Wildman–Crippen MR) is 165 cm³/mol. The van der Waals surface area contributed by atoms with Gasteiger partial charge in [0.2, 0.25) is 10.0 Å². The molecule has 1 aliphatic carbocycles. The first-order valence-electron chi connectivity index (χ1n) is 14.1. The summed E-state index contributed by atoms with van der Waals surface area (Å²) in [6.45, 7) is 2.05. The molecule has 3 aromatic carbocycles. The molecule has 1 unspecified atom stereocenters. The third kappa shape index (κ3) is 5.47. The van der Waals surface area contributed by atoms with Crippen LogP contribution >= 0.6 is 11.6 Å². The Hall–Kier alpha value is -4.19. The number of aryl methyl sites for hydroxylation is 1. The summed E-state index contributed by atoms with van der Waals surface area (Å²) in [5.74, 6) is -0.505. The van der Waals surface area contributed by atoms with Crippen LogP contribution in [0.25, 0.3) is 21.9 Å². The number of fused-ring (bicyclic) bond motifs is 1. The Morgan fingerprint density at radius 3 is 2.57 bits per heavy atom. The fourth-order valence-corrected chi connectivity index (χ4v) is 8.24. The number of carbonyl (C=O) groups is 2. The minimum absolute atomic E-state index is 0.00103. The van der Waals surface area contributed by atoms with Crippen molar-refractivity contribution in [3.8, 4) is 11.1 Å². The summed E-state index contributed by atoms with van der Waals surface area (Å²) in [6.07, 6.45) is 2.47. The van der Waals surface area contributed by atoms with Gasteiger partial charge in [-0.2, -0.15) is 4.31 Å². The van der Waals surface area contributed by atoms with Crippen LogP contribution in [-0.2, 0) is 26.1 Å². The Kier molecular flexibility index (Phi) is 7.95. The molecular formula is C32H30ClN3O7S. The summed E-state index contributed by atoms with van der Waals surface area (Å²) in [5.41, 5.74) is 2.46. The van der Waals surface area contributed by atoms with E-state index in [1.54, 1.807) is 24.3 Å². The maximum absolute atomic E-state index is 13.9. The number of pyridine rings is 1. The lowest BCUT2D eigenvalue weighted by atomic mass is 9.98. The number of sulfonamides is 1. The summed E-state index contributed by atoms with van der Waals surface area (Å²) in [6, 6.07) is 18.5. The molecular weight excluding hydrogens is 606 g/mol. The summed E-state index contributed by atoms with van der Waals surface area (Å²) < 4.78 is 39.7. The van der Waals surface area contributed by atoms with E-state index >= 15 is 0 Å². The number of aromatic nitrogens is 1. The summed E-state index contributed by atoms with van der Waals surface area (Å²) in [5, 5.41) is 3.57. The van der Waals surface area contributed by atoms with Gasteiger partial charge in [0.05, 0.1) is 22.0 Å². The molecule has 1 amide bonds. The Morgan fingerprint density at radius 1 is 1.02 bits per heavy atom. The molecule has 2 heterocycles. The van der Waals surface area contributed by atoms with Crippen LogP contribution in [-0.4, -0.2) is 54.0 Å². The van der Waals surface area contributed by atoms with E-state index in [1.165, 1.54) is 16.6 Å². The van der Waals surface area contributed by atoms with Crippen LogP contribution in [0.1, 0.15) is 40.7 Å². The lowest BCUT2D eigenvalue weighted by Gasteiger charge is -2.28. The number of nitrogens with one attached hydrogen (secondary N) is 2. The third-order valence-electron chi connectivity index (χ3n) is 8.44. The van der Waals surface area contributed by atoms with Gasteiger partial charge in [-0.15, -0.1) is 0 Å². The van der Waals surface area contributed by atoms with E-state index in [-0.39, 0.29) is 29.7 Å². The molecule has 1 saturated carbocycles. The van der Waals surface area contributed by atoms with Crippen molar-refractivity contribution in [2.45, 2.75) is 49.3 Å². The molecule has 228 valence electrons. The number of esters is 1. The normalized spacial score (nSPS) is 17.5. The number of alkyl carbamates (subject to hydrolysis) is 1. The monoisotopic (exact) mass is 635 g/mol. The van der Waals surface area contributed by atoms with Gasteiger partial charge in [-0.05, 0) is 78.8 Å². The molecule has 0 radical (unpaired) electrons. The Bertz CT molecular complexity index is 1940. The van der Waals surface area contributed by atoms with Crippen LogP contribution in [0.4, 0.5) is 4.79 Å². The number of benzene rings is 3. The highest BCUT2D eigenvalue weighted by atomic mass is 35.5. The number of alkyl halides is 1. The second-order valence-electron chi connectivity index (χ2n) is 11.0. The van der Waals surface area contributed by atoms with Gasteiger partial charge < -0.3 is 19.8 Å². The Labute approximate surface area is 259 Å². The number of halogens is 1. The molecule has 1 aromatic heterocycles. The number of carbonyl (C=O) groups excluding carboxylic acids is 2. The molecule has 10 nitrogen and oxygen atoms in total. The summed E-state index contributed by atoms with van der Waals surface area (Å²) >= 11 is 5.56. The number of amides is 1. The molecule has 6 rings (SSSR count). The van der Waals surface area contributed by atoms with Gasteiger partial charge in [-0.3, -0.25) is 4.79 Å². The molecule has 2 fully saturated rings. The van der Waals surface area contributed by atoms with E-state index in [0.717, 1.165) is 22.3 Å². The van der Waals surface area contributed by atoms with Gasteiger partial charge in [-0.25, -0.2) is 18.0 Å². The predicted octanol–water partition coefficient (Wildman–Crippen LogP) is 5.08. The van der Waals surface area contributed by atoms with Gasteiger partial charge >= 0.3 is 12.1 Å². The first-order valence-corrected chi connectivity index (χ1v) is 16.1. The smallest absolute Gasteiger partial charge is 0.407 e. The minimum atomic E-state index is -3.94. The molecule has 44 heavy (non-hydrogen) atoms. The molecule has 1 atom stereocenters. The molecule has 4 aromatic rings. The van der Waals surface area contributed by atoms with E-state index in [9.17, 15) is 22.8 Å². The van der Waals surface area contributed by atoms with E-state index in [1.807, 2.05) is 43.3 Å². The van der Waals surface area contributed by atoms with E-state index < -0.39 is 33.7 Å². The zero-order valence-electron chi connectivity index (χ0n) is 23.8. The lowest BCUT2D eigenvalue weighted by molar-refractivity contribution is 0.0573. The van der Waals surface area contributed by atoms with Crippen LogP contribution in [0.2, 0.25) is 0 Å². The second kappa shape index (κ2) is 11.7. The van der Waals surface area contributed by atoms with E-state index in [0.29, 0.717) is 35.6 Å². The van der Waals surface area contributed by atoms with Gasteiger partial charge in [-0.1, -0.05) is 48.0 Å². The zero-order chi connectivity index (χ0) is 31.1. The summed E-state index contributed by atoms with van der Waals surface area (Å²) in [7, 11) is -3.94. The number of hydrogen-bond acceptors (Lipinski definition) is 7. The van der Waals surface area contributed by atoms with Gasteiger partial charge in [0.15, 0.2) is 6.07 Å². The first kappa shape index (κ1) is 29.9. The van der Waals surface area contributed by atoms with Crippen molar-refractivity contribution in [2.24, 2.45) is 0 Å². The number of rotatable bonds is 8. The molecule has 1 saturated heterocycles. The van der Waals surface area contributed by atoms with Crippen molar-refractivity contribution in [1.82, 2.24) is 14.6 Å². The van der Waals surface area contributed by atoms with Crippen LogP contribution < -0.4 is 10.9 Å². The average Bonchev–Trinajstić information content (AvgIpc) is 3.73. The van der Waals surface area contributed by atoms with Crippen molar-refractivity contribution in [3.05, 3.63) is 100.0 Å². The number of H-pyrrole nitrogens is 1. The average molecular weight is 636 g/mol. The number of hydrogen-bond donors (Lipinski definition) is 2. The second-order valence-corrected chi connectivity index (χ2v) is 13.1. The molecule has 12 heteroatoms. The quantitative estimate of drug-likeness (QED) is 0.204. The fourth-order valence-electron chi connectivity index (χ4n) is 6.06. The van der Waals surface area contributed by atoms with Crippen LogP contribution in [0, 0.1) is 6.92 Å². The molecule has 2 N–H and O–H groups in total. The van der Waals surface area contributed by atoms with Gasteiger partial charge in [0.1, 0.15) is 6.61 Å². The zero-order valence-corrected chi connectivity index (χ0v) is 25.4. The number of aromatic amines is 1. The first-order chi connectivity index (χ1) is 21.1. The molecule has 1 spiro atoms. The van der Waals surface area contributed by atoms with Gasteiger partial charge in [0.25, 0.3) is 5.56 Å². The highest BCUT2D eigenvalue weighted by Gasteiger charge is 2.62. The molecule has 2 aliphatic rings. The standard InChI is InChI=1S/C32H30ClN3O7S/c1-20-8-9-23(17-26(20)30(38)43-19-33)22-5-2-4-21(16-22)18-42-31(39)35-28-11-15-36(32(28)12-13-32)44(40,41)27-7-3-6-25-24(27)10-14-34-29(25)37/h2-10,14,16-17,28H,11-13,15,18-19H2,1H3,(H,34,37)(H,35,39). The topological polar surface area (TPSA) is 135 Å². The SMILES string of the molecule is Cc1ccc(-c2cccc(COC(=O)NC3CCN(S(=O)(=O)c4cccc5c(=O)[nH]ccc45)C34CC4)c2)cc1C(=O)OCCl. The molecule has 0 bridgehead atoms. The Balaban J connectivity index is 1.13. The highest BCUT2D eigenvalue weighted by Crippen LogP contribution is 2.52. The third-order valence-corrected chi connectivity index (χ3v) is 10.6. The maximum atomic E-state index is 13.9. The van der Waals surface area contributed by atoms with E-state index in [2.05, 4.69) is 10.3 Å². The summed E-state index contributed by atoms with van der Waals surface area (Å²) in [4.78, 5) is 40.1. The van der Waals surface area contributed by atoms with E-state index in [4.69, 9.17) is 21.1 Å². The maximum Gasteiger partial charge on any atom is 0.407 e. The van der Waals surface area contributed by atoms with Crippen LogP contribution in [0.3, 0.4) is 0 Å². The largest absolute Gasteiger partial charge is 0.446 e. The highest BCUT2D eigenvalue weighted by molar-refractivity contribution is 7.89. The van der Waals surface area contributed by atoms with Crippen molar-refractivity contribution in [1.29, 1.82) is 0 Å². The molecule has 1 aliphatic heterocycles. The fraction of sp³-hybridized carbons (Fsp3) is 0.281. The Morgan fingerprint density at radius 2 is 1.80 bits per heavy atom. The van der Waals surface area contributed by atoms with Gasteiger partial charge in [0, 0.05) is 23.5 Å². The lowest BCUT2D eigenvalue weighted by Crippen LogP contribution is -2.48. The van der Waals surface area contributed by atoms with Crippen molar-refractivity contribution >= 4 is 44.5 Å².